The zero-order chi connectivity index (χ0) is 18.6. The van der Waals surface area contributed by atoms with Crippen molar-refractivity contribution in [1.29, 1.82) is 0 Å². The Balaban J connectivity index is 1.55. The van der Waals surface area contributed by atoms with Gasteiger partial charge in [-0.05, 0) is 29.8 Å². The van der Waals surface area contributed by atoms with E-state index in [1.165, 1.54) is 35.3 Å². The number of nitrogens with one attached hydrogen (secondary N) is 1. The van der Waals surface area contributed by atoms with Crippen LogP contribution in [0, 0.1) is 5.82 Å². The van der Waals surface area contributed by atoms with Crippen molar-refractivity contribution in [1.82, 2.24) is 19.7 Å². The molecule has 0 atom stereocenters. The van der Waals surface area contributed by atoms with Crippen molar-refractivity contribution >= 4 is 22.6 Å². The van der Waals surface area contributed by atoms with Crippen LogP contribution in [-0.4, -0.2) is 25.5 Å². The van der Waals surface area contributed by atoms with Crippen molar-refractivity contribution in [2.45, 2.75) is 13.1 Å². The SMILES string of the molecule is O=C(Cn1ncc2c(NCc3ccccc3)ncnc21)c1ccc(F)cc1. The molecule has 27 heavy (non-hydrogen) atoms. The zero-order valence-electron chi connectivity index (χ0n) is 14.3. The number of nitrogens with zero attached hydrogens (tertiary/aromatic N) is 4. The number of carbonyl (C=O) groups is 1. The summed E-state index contributed by atoms with van der Waals surface area (Å²) in [5.41, 5.74) is 2.12. The van der Waals surface area contributed by atoms with Crippen LogP contribution in [0.5, 0.6) is 0 Å². The highest BCUT2D eigenvalue weighted by atomic mass is 19.1. The van der Waals surface area contributed by atoms with E-state index >= 15 is 0 Å². The van der Waals surface area contributed by atoms with Crippen molar-refractivity contribution < 1.29 is 9.18 Å². The van der Waals surface area contributed by atoms with Gasteiger partial charge in [-0.25, -0.2) is 19.0 Å². The maximum Gasteiger partial charge on any atom is 0.184 e. The van der Waals surface area contributed by atoms with Crippen LogP contribution in [0.25, 0.3) is 11.0 Å². The van der Waals surface area contributed by atoms with Gasteiger partial charge >= 0.3 is 0 Å². The highest BCUT2D eigenvalue weighted by molar-refractivity contribution is 5.96. The molecule has 7 heteroatoms. The van der Waals surface area contributed by atoms with Crippen LogP contribution in [0.15, 0.2) is 67.1 Å². The molecule has 1 N–H and O–H groups in total. The van der Waals surface area contributed by atoms with Gasteiger partial charge in [0.25, 0.3) is 0 Å². The van der Waals surface area contributed by atoms with Crippen molar-refractivity contribution in [3.8, 4) is 0 Å². The first kappa shape index (κ1) is 16.8. The summed E-state index contributed by atoms with van der Waals surface area (Å²) in [5, 5.41) is 8.29. The number of carbonyl (C=O) groups excluding carboxylic acids is 1. The molecule has 0 spiro atoms. The number of rotatable bonds is 6. The van der Waals surface area contributed by atoms with Gasteiger partial charge in [0.05, 0.1) is 11.6 Å². The van der Waals surface area contributed by atoms with E-state index in [0.717, 1.165) is 10.9 Å². The van der Waals surface area contributed by atoms with Gasteiger partial charge < -0.3 is 5.32 Å². The molecule has 0 fully saturated rings. The molecule has 2 heterocycles. The lowest BCUT2D eigenvalue weighted by atomic mass is 10.1. The van der Waals surface area contributed by atoms with E-state index < -0.39 is 0 Å². The first-order chi connectivity index (χ1) is 13.2. The summed E-state index contributed by atoms with van der Waals surface area (Å²) in [6.45, 7) is 0.636. The second-order valence-corrected chi connectivity index (χ2v) is 6.03. The molecule has 0 bridgehead atoms. The lowest BCUT2D eigenvalue weighted by Crippen LogP contribution is -2.12. The number of anilines is 1. The van der Waals surface area contributed by atoms with Crippen LogP contribution < -0.4 is 5.32 Å². The molecule has 0 unspecified atom stereocenters. The second kappa shape index (κ2) is 7.33. The van der Waals surface area contributed by atoms with Gasteiger partial charge in [0.15, 0.2) is 11.4 Å². The molecule has 4 rings (SSSR count). The summed E-state index contributed by atoms with van der Waals surface area (Å²) >= 11 is 0. The highest BCUT2D eigenvalue weighted by Crippen LogP contribution is 2.19. The van der Waals surface area contributed by atoms with E-state index in [0.29, 0.717) is 23.6 Å². The number of halogens is 1. The molecule has 0 amide bonds. The number of hydrogen-bond acceptors (Lipinski definition) is 5. The average molecular weight is 361 g/mol. The molecule has 4 aromatic rings. The Labute approximate surface area is 154 Å². The molecule has 0 saturated carbocycles. The minimum absolute atomic E-state index is 0.0181. The van der Waals surface area contributed by atoms with Crippen molar-refractivity contribution in [2.24, 2.45) is 0 Å². The predicted molar refractivity (Wildman–Crippen MR) is 99.8 cm³/mol. The van der Waals surface area contributed by atoms with Gasteiger partial charge in [-0.1, -0.05) is 30.3 Å². The zero-order valence-corrected chi connectivity index (χ0v) is 14.3. The number of aromatic nitrogens is 4. The van der Waals surface area contributed by atoms with Crippen molar-refractivity contribution in [3.05, 3.63) is 84.1 Å². The minimum atomic E-state index is -0.377. The Morgan fingerprint density at radius 1 is 1.04 bits per heavy atom. The minimum Gasteiger partial charge on any atom is -0.365 e. The topological polar surface area (TPSA) is 72.7 Å². The molecular weight excluding hydrogens is 345 g/mol. The summed E-state index contributed by atoms with van der Waals surface area (Å²) in [4.78, 5) is 21.0. The summed E-state index contributed by atoms with van der Waals surface area (Å²) < 4.78 is 14.5. The molecule has 0 aliphatic heterocycles. The largest absolute Gasteiger partial charge is 0.365 e. The standard InChI is InChI=1S/C20H16FN5O/c21-16-8-6-15(7-9-16)18(27)12-26-20-17(11-25-26)19(23-13-24-20)22-10-14-4-2-1-3-5-14/h1-9,11,13H,10,12H2,(H,22,23,24). The van der Waals surface area contributed by atoms with E-state index in [9.17, 15) is 9.18 Å². The molecule has 6 nitrogen and oxygen atoms in total. The third kappa shape index (κ3) is 3.67. The van der Waals surface area contributed by atoms with Gasteiger partial charge in [0, 0.05) is 12.1 Å². The monoisotopic (exact) mass is 361 g/mol. The number of ketones is 1. The third-order valence-corrected chi connectivity index (χ3v) is 4.20. The van der Waals surface area contributed by atoms with Gasteiger partial charge in [-0.2, -0.15) is 5.10 Å². The fourth-order valence-electron chi connectivity index (χ4n) is 2.79. The Kier molecular flexibility index (Phi) is 4.57. The third-order valence-electron chi connectivity index (χ3n) is 4.20. The van der Waals surface area contributed by atoms with Crippen LogP contribution in [0.1, 0.15) is 15.9 Å². The second-order valence-electron chi connectivity index (χ2n) is 6.03. The lowest BCUT2D eigenvalue weighted by Gasteiger charge is -2.07. The van der Waals surface area contributed by atoms with Gasteiger partial charge in [-0.3, -0.25) is 4.79 Å². The molecule has 134 valence electrons. The normalized spacial score (nSPS) is 10.9. The number of fused-ring (bicyclic) bond motifs is 1. The van der Waals surface area contributed by atoms with Crippen molar-refractivity contribution in [2.75, 3.05) is 5.32 Å². The van der Waals surface area contributed by atoms with Crippen LogP contribution in [0.2, 0.25) is 0 Å². The van der Waals surface area contributed by atoms with Crippen LogP contribution in [0.4, 0.5) is 10.2 Å². The van der Waals surface area contributed by atoms with Crippen LogP contribution in [-0.2, 0) is 13.1 Å². The molecule has 0 saturated heterocycles. The van der Waals surface area contributed by atoms with Crippen molar-refractivity contribution in [3.63, 3.8) is 0 Å². The summed E-state index contributed by atoms with van der Waals surface area (Å²) in [7, 11) is 0. The Hall–Kier alpha value is -3.61. The molecular formula is C20H16FN5O. The number of Topliss-reactive ketones (excluding diaryl/α,β-unsaturated/α-hetero) is 1. The van der Waals surface area contributed by atoms with E-state index in [4.69, 9.17) is 0 Å². The van der Waals surface area contributed by atoms with E-state index in [1.54, 1.807) is 6.20 Å². The Morgan fingerprint density at radius 3 is 2.59 bits per heavy atom. The number of benzene rings is 2. The summed E-state index contributed by atoms with van der Waals surface area (Å²) in [6.07, 6.45) is 3.08. The number of hydrogen-bond donors (Lipinski definition) is 1. The summed E-state index contributed by atoms with van der Waals surface area (Å²) in [5.74, 6) is 0.111. The molecule has 2 aromatic heterocycles. The first-order valence-corrected chi connectivity index (χ1v) is 8.44. The maximum absolute atomic E-state index is 13.0. The maximum atomic E-state index is 13.0. The molecule has 0 aliphatic carbocycles. The molecule has 2 aromatic carbocycles. The quantitative estimate of drug-likeness (QED) is 0.533. The van der Waals surface area contributed by atoms with Gasteiger partial charge in [0.2, 0.25) is 0 Å². The van der Waals surface area contributed by atoms with E-state index in [2.05, 4.69) is 20.4 Å². The lowest BCUT2D eigenvalue weighted by molar-refractivity contribution is 0.0969. The predicted octanol–water partition coefficient (Wildman–Crippen LogP) is 3.46. The molecule has 0 radical (unpaired) electrons. The Bertz CT molecular complexity index is 1080. The smallest absolute Gasteiger partial charge is 0.184 e. The van der Waals surface area contributed by atoms with Gasteiger partial charge in [-0.15, -0.1) is 0 Å². The van der Waals surface area contributed by atoms with E-state index in [1.807, 2.05) is 30.3 Å². The van der Waals surface area contributed by atoms with Crippen LogP contribution in [0.3, 0.4) is 0 Å². The highest BCUT2D eigenvalue weighted by Gasteiger charge is 2.13. The average Bonchev–Trinajstić information content (AvgIpc) is 3.11. The van der Waals surface area contributed by atoms with E-state index in [-0.39, 0.29) is 18.1 Å². The Morgan fingerprint density at radius 2 is 1.81 bits per heavy atom. The fraction of sp³-hybridized carbons (Fsp3) is 0.100. The van der Waals surface area contributed by atoms with Crippen LogP contribution >= 0.6 is 0 Å². The summed E-state index contributed by atoms with van der Waals surface area (Å²) in [6, 6.07) is 15.4. The first-order valence-electron chi connectivity index (χ1n) is 8.44. The van der Waals surface area contributed by atoms with Gasteiger partial charge in [0.1, 0.15) is 24.5 Å². The molecule has 0 aliphatic rings. The fourth-order valence-corrected chi connectivity index (χ4v) is 2.79.